The van der Waals surface area contributed by atoms with E-state index in [0.717, 1.165) is 30.5 Å². The molecule has 2 aromatic carbocycles. The fourth-order valence-electron chi connectivity index (χ4n) is 4.82. The third-order valence-electron chi connectivity index (χ3n) is 7.43. The first-order chi connectivity index (χ1) is 21.8. The molecular weight excluding hydrogens is 560 g/mol. The second kappa shape index (κ2) is 24.9. The second-order valence-electron chi connectivity index (χ2n) is 10.6. The minimum Gasteiger partial charge on any atom is -0.481 e. The van der Waals surface area contributed by atoms with Crippen LogP contribution in [0.5, 0.6) is 0 Å². The molecule has 252 valence electrons. The van der Waals surface area contributed by atoms with Crippen molar-refractivity contribution in [1.82, 2.24) is 4.90 Å². The van der Waals surface area contributed by atoms with Gasteiger partial charge in [-0.1, -0.05) is 130 Å². The molecule has 6 nitrogen and oxygen atoms in total. The summed E-state index contributed by atoms with van der Waals surface area (Å²) in [6, 6.07) is 18.5. The Labute approximate surface area is 275 Å². The van der Waals surface area contributed by atoms with E-state index in [1.807, 2.05) is 69.9 Å². The summed E-state index contributed by atoms with van der Waals surface area (Å²) in [6.45, 7) is 21.1. The molecule has 2 aromatic rings. The lowest BCUT2D eigenvalue weighted by Crippen LogP contribution is -2.56. The zero-order valence-electron chi connectivity index (χ0n) is 29.8. The third kappa shape index (κ3) is 15.0. The Hall–Kier alpha value is -3.38. The molecule has 4 rings (SSSR count). The van der Waals surface area contributed by atoms with Crippen LogP contribution in [0.25, 0.3) is 5.57 Å². The number of nitrogens with zero attached hydrogens (tertiary/aromatic N) is 1. The van der Waals surface area contributed by atoms with Crippen molar-refractivity contribution >= 4 is 23.3 Å². The topological polar surface area (TPSA) is 78.9 Å². The maximum atomic E-state index is 13.1. The SMILES string of the molecule is CC.CC.CCC(=O)O.CCC(CC)c1ccc(C2=CC3OC(C)CN(C(=O)Nc4ccccc4)C3CC=C2)cc1.CCCC. The van der Waals surface area contributed by atoms with Crippen LogP contribution in [0.4, 0.5) is 10.5 Å². The summed E-state index contributed by atoms with van der Waals surface area (Å²) in [7, 11) is 0. The maximum Gasteiger partial charge on any atom is 0.322 e. The fourth-order valence-corrected chi connectivity index (χ4v) is 4.82. The molecule has 0 bridgehead atoms. The van der Waals surface area contributed by atoms with Crippen molar-refractivity contribution in [3.05, 3.63) is 84.0 Å². The average molecular weight is 623 g/mol. The Morgan fingerprint density at radius 2 is 1.47 bits per heavy atom. The van der Waals surface area contributed by atoms with E-state index in [9.17, 15) is 9.59 Å². The number of para-hydroxylation sites is 1. The van der Waals surface area contributed by atoms with E-state index < -0.39 is 5.97 Å². The van der Waals surface area contributed by atoms with Crippen LogP contribution in [0, 0.1) is 0 Å². The number of fused-ring (bicyclic) bond motifs is 1. The van der Waals surface area contributed by atoms with E-state index in [0.29, 0.717) is 12.5 Å². The van der Waals surface area contributed by atoms with Gasteiger partial charge in [0.1, 0.15) is 0 Å². The van der Waals surface area contributed by atoms with Gasteiger partial charge in [-0.05, 0) is 67.0 Å². The molecule has 6 heteroatoms. The summed E-state index contributed by atoms with van der Waals surface area (Å²) in [5.74, 6) is -0.128. The number of nitrogens with one attached hydrogen (secondary N) is 1. The molecule has 3 unspecified atom stereocenters. The Bertz CT molecular complexity index is 1110. The van der Waals surface area contributed by atoms with Crippen LogP contribution in [0.15, 0.2) is 72.8 Å². The highest BCUT2D eigenvalue weighted by Gasteiger charge is 2.37. The number of benzene rings is 2. The predicted octanol–water partition coefficient (Wildman–Crippen LogP) is 11.0. The predicted molar refractivity (Wildman–Crippen MR) is 193 cm³/mol. The van der Waals surface area contributed by atoms with Gasteiger partial charge in [0.25, 0.3) is 0 Å². The highest BCUT2D eigenvalue weighted by Crippen LogP contribution is 2.31. The number of allylic oxidation sites excluding steroid dienone is 2. The van der Waals surface area contributed by atoms with Gasteiger partial charge in [0, 0.05) is 18.7 Å². The number of unbranched alkanes of at least 4 members (excludes halogenated alkanes) is 1. The Kier molecular flexibility index (Phi) is 23.0. The standard InChI is InChI=1S/C28H34N2O2.C4H10.C3H6O2.2C2H6/c1-4-21(5-2)22-14-16-23(17-15-22)24-10-9-13-26-27(18-24)32-20(3)19-30(26)28(31)29-25-11-7-6-8-12-25;1-3-4-2;1-2-3(4)5;2*1-2/h6-12,14-18,20-21,26-27H,4-5,13,19H2,1-3H3,(H,29,31);3-4H2,1-2H3;2H2,1H3,(H,4,5);2*1-2H3. The zero-order valence-corrected chi connectivity index (χ0v) is 29.8. The van der Waals surface area contributed by atoms with Crippen LogP contribution in [-0.2, 0) is 9.53 Å². The smallest absolute Gasteiger partial charge is 0.322 e. The van der Waals surface area contributed by atoms with E-state index in [4.69, 9.17) is 9.84 Å². The Morgan fingerprint density at radius 1 is 0.911 bits per heavy atom. The van der Waals surface area contributed by atoms with Crippen molar-refractivity contribution in [3.8, 4) is 0 Å². The number of carbonyl (C=O) groups excluding carboxylic acids is 1. The number of ether oxygens (including phenoxy) is 1. The van der Waals surface area contributed by atoms with Crippen LogP contribution in [0.2, 0.25) is 0 Å². The summed E-state index contributed by atoms with van der Waals surface area (Å²) >= 11 is 0. The van der Waals surface area contributed by atoms with Gasteiger partial charge >= 0.3 is 12.0 Å². The minimum atomic E-state index is -0.745. The molecular formula is C39H62N2O4. The van der Waals surface area contributed by atoms with Gasteiger partial charge < -0.3 is 20.1 Å². The van der Waals surface area contributed by atoms with Crippen LogP contribution >= 0.6 is 0 Å². The van der Waals surface area contributed by atoms with Gasteiger partial charge in [-0.3, -0.25) is 4.79 Å². The summed E-state index contributed by atoms with van der Waals surface area (Å²) in [5, 5.41) is 10.8. The van der Waals surface area contributed by atoms with Crippen LogP contribution in [0.1, 0.15) is 125 Å². The van der Waals surface area contributed by atoms with Crippen LogP contribution in [0.3, 0.4) is 0 Å². The lowest BCUT2D eigenvalue weighted by molar-refractivity contribution is -0.136. The van der Waals surface area contributed by atoms with Crippen molar-refractivity contribution in [2.24, 2.45) is 0 Å². The number of urea groups is 1. The summed E-state index contributed by atoms with van der Waals surface area (Å²) in [5.41, 5.74) is 4.57. The maximum absolute atomic E-state index is 13.1. The number of amides is 2. The van der Waals surface area contributed by atoms with Gasteiger partial charge in [-0.2, -0.15) is 0 Å². The fraction of sp³-hybridized carbons (Fsp3) is 0.538. The number of anilines is 1. The number of morpholine rings is 1. The molecule has 3 atom stereocenters. The molecule has 0 aromatic heterocycles. The average Bonchev–Trinajstić information content (AvgIpc) is 3.30. The van der Waals surface area contributed by atoms with Gasteiger partial charge in [0.15, 0.2) is 0 Å². The van der Waals surface area contributed by atoms with Crippen molar-refractivity contribution in [1.29, 1.82) is 0 Å². The van der Waals surface area contributed by atoms with E-state index in [2.05, 4.69) is 75.5 Å². The van der Waals surface area contributed by atoms with Crippen LogP contribution < -0.4 is 5.32 Å². The molecule has 1 heterocycles. The number of rotatable bonds is 7. The molecule has 2 aliphatic rings. The number of hydrogen-bond donors (Lipinski definition) is 2. The molecule has 2 amide bonds. The van der Waals surface area contributed by atoms with Crippen molar-refractivity contribution < 1.29 is 19.4 Å². The van der Waals surface area contributed by atoms with Gasteiger partial charge in [0.05, 0.1) is 18.2 Å². The molecule has 45 heavy (non-hydrogen) atoms. The van der Waals surface area contributed by atoms with Gasteiger partial charge in [-0.15, -0.1) is 0 Å². The Balaban J connectivity index is 0.00000128. The van der Waals surface area contributed by atoms with E-state index in [-0.39, 0.29) is 30.7 Å². The second-order valence-corrected chi connectivity index (χ2v) is 10.6. The zero-order chi connectivity index (χ0) is 34.2. The van der Waals surface area contributed by atoms with E-state index in [1.54, 1.807) is 6.92 Å². The first kappa shape index (κ1) is 41.6. The number of carboxylic acids is 1. The Morgan fingerprint density at radius 3 is 1.96 bits per heavy atom. The summed E-state index contributed by atoms with van der Waals surface area (Å²) < 4.78 is 6.31. The number of carbonyl (C=O) groups is 2. The number of carboxylic acid groups (broad SMARTS) is 1. The lowest BCUT2D eigenvalue weighted by atomic mass is 9.92. The molecule has 0 saturated carbocycles. The molecule has 1 fully saturated rings. The molecule has 0 spiro atoms. The van der Waals surface area contributed by atoms with E-state index >= 15 is 0 Å². The summed E-state index contributed by atoms with van der Waals surface area (Å²) in [4.78, 5) is 24.4. The molecule has 1 saturated heterocycles. The van der Waals surface area contributed by atoms with Gasteiger partial charge in [-0.25, -0.2) is 4.79 Å². The molecule has 2 N–H and O–H groups in total. The van der Waals surface area contributed by atoms with Crippen LogP contribution in [-0.4, -0.2) is 46.8 Å². The highest BCUT2D eigenvalue weighted by molar-refractivity contribution is 5.89. The molecule has 1 aliphatic carbocycles. The minimum absolute atomic E-state index is 0.0208. The first-order valence-corrected chi connectivity index (χ1v) is 17.3. The molecule has 1 aliphatic heterocycles. The van der Waals surface area contributed by atoms with Crippen molar-refractivity contribution in [2.45, 2.75) is 132 Å². The van der Waals surface area contributed by atoms with E-state index in [1.165, 1.54) is 24.0 Å². The third-order valence-corrected chi connectivity index (χ3v) is 7.43. The number of hydrogen-bond acceptors (Lipinski definition) is 3. The largest absolute Gasteiger partial charge is 0.481 e. The quantitative estimate of drug-likeness (QED) is 0.322. The highest BCUT2D eigenvalue weighted by atomic mass is 16.5. The summed E-state index contributed by atoms with van der Waals surface area (Å²) in [6.07, 6.45) is 12.3. The molecule has 0 radical (unpaired) electrons. The normalized spacial score (nSPS) is 18.0. The number of aliphatic carboxylic acids is 1. The lowest BCUT2D eigenvalue weighted by Gasteiger charge is -2.42. The van der Waals surface area contributed by atoms with Crippen molar-refractivity contribution in [3.63, 3.8) is 0 Å². The first-order valence-electron chi connectivity index (χ1n) is 17.3. The van der Waals surface area contributed by atoms with Crippen molar-refractivity contribution in [2.75, 3.05) is 11.9 Å². The van der Waals surface area contributed by atoms with Gasteiger partial charge in [0.2, 0.25) is 0 Å². The monoisotopic (exact) mass is 622 g/mol.